The minimum atomic E-state index is -4.68. The van der Waals surface area contributed by atoms with E-state index in [2.05, 4.69) is 14.7 Å². The van der Waals surface area contributed by atoms with Crippen molar-refractivity contribution in [2.45, 2.75) is 6.18 Å². The van der Waals surface area contributed by atoms with Crippen LogP contribution in [0.25, 0.3) is 11.4 Å². The molecule has 0 bridgehead atoms. The van der Waals surface area contributed by atoms with Crippen molar-refractivity contribution in [1.82, 2.24) is 10.1 Å². The number of alkyl halides is 3. The molecule has 0 aliphatic carbocycles. The molecule has 2 N–H and O–H groups in total. The molecule has 5 nitrogen and oxygen atoms in total. The Morgan fingerprint density at radius 3 is 2.28 bits per heavy atom. The van der Waals surface area contributed by atoms with Crippen molar-refractivity contribution >= 4 is 5.91 Å². The number of carbonyl (C=O) groups excluding carboxylic acids is 1. The maximum absolute atomic E-state index is 12.2. The van der Waals surface area contributed by atoms with Crippen LogP contribution in [0, 0.1) is 0 Å². The van der Waals surface area contributed by atoms with Gasteiger partial charge in [0.2, 0.25) is 11.7 Å². The lowest BCUT2D eigenvalue weighted by Gasteiger charge is -1.97. The van der Waals surface area contributed by atoms with Gasteiger partial charge in [-0.25, -0.2) is 0 Å². The zero-order valence-electron chi connectivity index (χ0n) is 8.73. The molecular formula is C10H6F3N3O2. The number of benzene rings is 1. The Hall–Kier alpha value is -2.38. The molecule has 0 atom stereocenters. The van der Waals surface area contributed by atoms with Crippen LogP contribution < -0.4 is 5.73 Å². The summed E-state index contributed by atoms with van der Waals surface area (Å²) in [6, 6.07) is 5.48. The Morgan fingerprint density at radius 2 is 1.83 bits per heavy atom. The lowest BCUT2D eigenvalue weighted by molar-refractivity contribution is -0.159. The fourth-order valence-corrected chi connectivity index (χ4v) is 1.24. The molecule has 1 aromatic carbocycles. The molecule has 0 radical (unpaired) electrons. The molecule has 0 unspecified atom stereocenters. The van der Waals surface area contributed by atoms with Gasteiger partial charge in [0.15, 0.2) is 0 Å². The minimum Gasteiger partial charge on any atom is -0.366 e. The maximum Gasteiger partial charge on any atom is 0.471 e. The third-order valence-corrected chi connectivity index (χ3v) is 2.10. The maximum atomic E-state index is 12.2. The summed E-state index contributed by atoms with van der Waals surface area (Å²) < 4.78 is 40.8. The predicted molar refractivity (Wildman–Crippen MR) is 53.3 cm³/mol. The molecule has 0 fully saturated rings. The summed E-state index contributed by atoms with van der Waals surface area (Å²) in [6.45, 7) is 0. The summed E-state index contributed by atoms with van der Waals surface area (Å²) >= 11 is 0. The molecule has 0 saturated carbocycles. The van der Waals surface area contributed by atoms with Gasteiger partial charge in [0.05, 0.1) is 0 Å². The van der Waals surface area contributed by atoms with Gasteiger partial charge < -0.3 is 10.3 Å². The van der Waals surface area contributed by atoms with Gasteiger partial charge in [-0.05, 0) is 12.1 Å². The van der Waals surface area contributed by atoms with Gasteiger partial charge in [0, 0.05) is 11.1 Å². The lowest BCUT2D eigenvalue weighted by atomic mass is 10.1. The summed E-state index contributed by atoms with van der Waals surface area (Å²) in [7, 11) is 0. The molecule has 18 heavy (non-hydrogen) atoms. The summed E-state index contributed by atoms with van der Waals surface area (Å²) in [5.74, 6) is -2.26. The van der Waals surface area contributed by atoms with Crippen molar-refractivity contribution in [3.63, 3.8) is 0 Å². The van der Waals surface area contributed by atoms with Crippen LogP contribution in [0.2, 0.25) is 0 Å². The van der Waals surface area contributed by atoms with Gasteiger partial charge in [0.25, 0.3) is 0 Å². The molecular weight excluding hydrogens is 251 g/mol. The highest BCUT2D eigenvalue weighted by Gasteiger charge is 2.38. The summed E-state index contributed by atoms with van der Waals surface area (Å²) in [6.07, 6.45) is -4.68. The molecule has 2 aromatic rings. The second-order valence-corrected chi connectivity index (χ2v) is 3.36. The van der Waals surface area contributed by atoms with Crippen molar-refractivity contribution in [3.05, 3.63) is 35.7 Å². The second kappa shape index (κ2) is 4.13. The Kier molecular flexibility index (Phi) is 2.77. The quantitative estimate of drug-likeness (QED) is 0.890. The van der Waals surface area contributed by atoms with Crippen LogP contribution in [0.1, 0.15) is 16.2 Å². The second-order valence-electron chi connectivity index (χ2n) is 3.36. The summed E-state index contributed by atoms with van der Waals surface area (Å²) in [5.41, 5.74) is 5.55. The van der Waals surface area contributed by atoms with Crippen LogP contribution in [0.3, 0.4) is 0 Å². The van der Waals surface area contributed by atoms with E-state index in [9.17, 15) is 18.0 Å². The third-order valence-electron chi connectivity index (χ3n) is 2.10. The lowest BCUT2D eigenvalue weighted by Crippen LogP contribution is -2.10. The SMILES string of the molecule is NC(=O)c1ccc(-c2noc(C(F)(F)F)n2)cc1. The largest absolute Gasteiger partial charge is 0.471 e. The molecule has 1 heterocycles. The molecule has 94 valence electrons. The van der Waals surface area contributed by atoms with Crippen molar-refractivity contribution < 1.29 is 22.5 Å². The van der Waals surface area contributed by atoms with Crippen LogP contribution in [0.4, 0.5) is 13.2 Å². The number of primary amides is 1. The van der Waals surface area contributed by atoms with Gasteiger partial charge in [-0.1, -0.05) is 17.3 Å². The first kappa shape index (κ1) is 12.1. The Morgan fingerprint density at radius 1 is 1.22 bits per heavy atom. The van der Waals surface area contributed by atoms with Gasteiger partial charge in [-0.2, -0.15) is 18.2 Å². The number of rotatable bonds is 2. The van der Waals surface area contributed by atoms with E-state index in [0.29, 0.717) is 5.56 Å². The predicted octanol–water partition coefficient (Wildman–Crippen LogP) is 1.85. The van der Waals surface area contributed by atoms with Crippen LogP contribution >= 0.6 is 0 Å². The Bertz CT molecular complexity index is 575. The van der Waals surface area contributed by atoms with Crippen molar-refractivity contribution in [3.8, 4) is 11.4 Å². The number of amides is 1. The molecule has 0 saturated heterocycles. The normalized spacial score (nSPS) is 11.5. The van der Waals surface area contributed by atoms with Gasteiger partial charge >= 0.3 is 12.1 Å². The van der Waals surface area contributed by atoms with E-state index in [0.717, 1.165) is 0 Å². The Balaban J connectivity index is 2.32. The molecule has 1 amide bonds. The number of hydrogen-bond donors (Lipinski definition) is 1. The topological polar surface area (TPSA) is 82.0 Å². The van der Waals surface area contributed by atoms with Gasteiger partial charge in [-0.15, -0.1) is 0 Å². The zero-order valence-corrected chi connectivity index (χ0v) is 8.73. The van der Waals surface area contributed by atoms with E-state index < -0.39 is 18.0 Å². The first-order chi connectivity index (χ1) is 8.38. The minimum absolute atomic E-state index is 0.210. The molecule has 1 aromatic heterocycles. The number of hydrogen-bond acceptors (Lipinski definition) is 4. The van der Waals surface area contributed by atoms with Crippen LogP contribution in [0.15, 0.2) is 28.8 Å². The number of nitrogens with two attached hydrogens (primary N) is 1. The highest BCUT2D eigenvalue weighted by Crippen LogP contribution is 2.29. The number of nitrogens with zero attached hydrogens (tertiary/aromatic N) is 2. The van der Waals surface area contributed by atoms with Crippen molar-refractivity contribution in [2.24, 2.45) is 5.73 Å². The van der Waals surface area contributed by atoms with E-state index in [-0.39, 0.29) is 11.4 Å². The molecule has 0 aliphatic heterocycles. The fourth-order valence-electron chi connectivity index (χ4n) is 1.24. The molecule has 8 heteroatoms. The van der Waals surface area contributed by atoms with Crippen LogP contribution in [-0.4, -0.2) is 16.0 Å². The van der Waals surface area contributed by atoms with E-state index >= 15 is 0 Å². The van der Waals surface area contributed by atoms with Crippen LogP contribution in [0.5, 0.6) is 0 Å². The highest BCUT2D eigenvalue weighted by atomic mass is 19.4. The Labute approximate surface area is 98.4 Å². The number of carbonyl (C=O) groups is 1. The van der Waals surface area contributed by atoms with Crippen LogP contribution in [-0.2, 0) is 6.18 Å². The van der Waals surface area contributed by atoms with Gasteiger partial charge in [-0.3, -0.25) is 4.79 Å². The van der Waals surface area contributed by atoms with E-state index in [1.807, 2.05) is 0 Å². The smallest absolute Gasteiger partial charge is 0.366 e. The summed E-state index contributed by atoms with van der Waals surface area (Å²) in [4.78, 5) is 14.0. The fraction of sp³-hybridized carbons (Fsp3) is 0.100. The average Bonchev–Trinajstić information content (AvgIpc) is 2.78. The molecule has 0 aliphatic rings. The third kappa shape index (κ3) is 2.31. The first-order valence-corrected chi connectivity index (χ1v) is 4.69. The van der Waals surface area contributed by atoms with E-state index in [1.54, 1.807) is 0 Å². The average molecular weight is 257 g/mol. The van der Waals surface area contributed by atoms with E-state index in [1.165, 1.54) is 24.3 Å². The highest BCUT2D eigenvalue weighted by molar-refractivity contribution is 5.93. The standard InChI is InChI=1S/C10H6F3N3O2/c11-10(12,13)9-15-8(16-18-9)6-3-1-5(2-4-6)7(14)17/h1-4H,(H2,14,17). The monoisotopic (exact) mass is 257 g/mol. The van der Waals surface area contributed by atoms with E-state index in [4.69, 9.17) is 5.73 Å². The molecule has 0 spiro atoms. The summed E-state index contributed by atoms with van der Waals surface area (Å²) in [5, 5.41) is 3.21. The first-order valence-electron chi connectivity index (χ1n) is 4.69. The van der Waals surface area contributed by atoms with Gasteiger partial charge in [0.1, 0.15) is 0 Å². The number of halogens is 3. The van der Waals surface area contributed by atoms with Crippen molar-refractivity contribution in [2.75, 3.05) is 0 Å². The zero-order chi connectivity index (χ0) is 13.3. The van der Waals surface area contributed by atoms with Crippen molar-refractivity contribution in [1.29, 1.82) is 0 Å². The number of aromatic nitrogens is 2. The molecule has 2 rings (SSSR count).